The molecule has 0 spiro atoms. The van der Waals surface area contributed by atoms with E-state index in [0.717, 1.165) is 12.5 Å². The molecule has 0 fully saturated rings. The normalized spacial score (nSPS) is 12.2. The van der Waals surface area contributed by atoms with Gasteiger partial charge in [-0.3, -0.25) is 14.4 Å². The van der Waals surface area contributed by atoms with E-state index >= 15 is 0 Å². The summed E-state index contributed by atoms with van der Waals surface area (Å²) >= 11 is 0. The molecule has 0 aromatic heterocycles. The lowest BCUT2D eigenvalue weighted by Crippen LogP contribution is -2.42. The Kier molecular flexibility index (Phi) is 5.48. The lowest BCUT2D eigenvalue weighted by atomic mass is 9.94. The molecule has 0 aliphatic rings. The minimum Gasteiger partial charge on any atom is -0.299 e. The van der Waals surface area contributed by atoms with Gasteiger partial charge in [0.2, 0.25) is 0 Å². The van der Waals surface area contributed by atoms with Gasteiger partial charge in [0, 0.05) is 5.56 Å². The molecule has 0 aliphatic heterocycles. The summed E-state index contributed by atoms with van der Waals surface area (Å²) in [5.41, 5.74) is 1.01. The standard InChI is InChI=1S/C18H17NO5S/c1-12-8-10-15(11-9-12)25(23,24)19-18(22)16(13(2)20)17(21)14-6-4-3-5-7-14/h3-11,16H,1-2H3,(H,19,22). The van der Waals surface area contributed by atoms with Crippen molar-refractivity contribution >= 4 is 27.5 Å². The van der Waals surface area contributed by atoms with Crippen LogP contribution >= 0.6 is 0 Å². The summed E-state index contributed by atoms with van der Waals surface area (Å²) in [4.78, 5) is 36.4. The molecule has 0 aliphatic carbocycles. The predicted molar refractivity (Wildman–Crippen MR) is 91.5 cm³/mol. The SMILES string of the molecule is CC(=O)C(C(=O)NS(=O)(=O)c1ccc(C)cc1)C(=O)c1ccccc1. The van der Waals surface area contributed by atoms with Gasteiger partial charge in [-0.15, -0.1) is 0 Å². The highest BCUT2D eigenvalue weighted by Crippen LogP contribution is 2.14. The van der Waals surface area contributed by atoms with E-state index < -0.39 is 33.4 Å². The fraction of sp³-hybridized carbons (Fsp3) is 0.167. The molecule has 1 unspecified atom stereocenters. The largest absolute Gasteiger partial charge is 0.299 e. The number of hydrogen-bond acceptors (Lipinski definition) is 5. The van der Waals surface area contributed by atoms with Crippen LogP contribution in [-0.2, 0) is 19.6 Å². The molecule has 0 saturated carbocycles. The van der Waals surface area contributed by atoms with Crippen LogP contribution in [0, 0.1) is 12.8 Å². The van der Waals surface area contributed by atoms with Crippen molar-refractivity contribution in [3.05, 3.63) is 65.7 Å². The van der Waals surface area contributed by atoms with E-state index in [1.165, 1.54) is 24.3 Å². The number of carbonyl (C=O) groups excluding carboxylic acids is 3. The number of Topliss-reactive ketones (excluding diaryl/α,β-unsaturated/α-hetero) is 2. The van der Waals surface area contributed by atoms with Crippen molar-refractivity contribution in [3.63, 3.8) is 0 Å². The van der Waals surface area contributed by atoms with Crippen LogP contribution in [0.4, 0.5) is 0 Å². The van der Waals surface area contributed by atoms with Gasteiger partial charge in [-0.05, 0) is 26.0 Å². The molecule has 0 radical (unpaired) electrons. The van der Waals surface area contributed by atoms with Crippen LogP contribution in [0.2, 0.25) is 0 Å². The van der Waals surface area contributed by atoms with Gasteiger partial charge < -0.3 is 0 Å². The minimum atomic E-state index is -4.17. The molecule has 130 valence electrons. The lowest BCUT2D eigenvalue weighted by molar-refractivity contribution is -0.129. The fourth-order valence-corrected chi connectivity index (χ4v) is 3.22. The number of benzene rings is 2. The second-order valence-electron chi connectivity index (χ2n) is 5.56. The Hall–Kier alpha value is -2.80. The number of nitrogens with one attached hydrogen (secondary N) is 1. The van der Waals surface area contributed by atoms with E-state index in [1.807, 2.05) is 4.72 Å². The van der Waals surface area contributed by atoms with E-state index in [9.17, 15) is 22.8 Å². The quantitative estimate of drug-likeness (QED) is 0.627. The van der Waals surface area contributed by atoms with E-state index in [4.69, 9.17) is 0 Å². The molecule has 2 rings (SSSR count). The van der Waals surface area contributed by atoms with Crippen molar-refractivity contribution < 1.29 is 22.8 Å². The fourth-order valence-electron chi connectivity index (χ4n) is 2.23. The average molecular weight is 359 g/mol. The average Bonchev–Trinajstić information content (AvgIpc) is 2.55. The van der Waals surface area contributed by atoms with Gasteiger partial charge in [0.1, 0.15) is 5.78 Å². The second kappa shape index (κ2) is 7.40. The summed E-state index contributed by atoms with van der Waals surface area (Å²) in [7, 11) is -4.17. The van der Waals surface area contributed by atoms with Crippen molar-refractivity contribution in [2.24, 2.45) is 5.92 Å². The highest BCUT2D eigenvalue weighted by Gasteiger charge is 2.34. The molecule has 1 N–H and O–H groups in total. The Bertz CT molecular complexity index is 902. The van der Waals surface area contributed by atoms with Gasteiger partial charge in [-0.25, -0.2) is 13.1 Å². The van der Waals surface area contributed by atoms with Crippen molar-refractivity contribution in [2.75, 3.05) is 0 Å². The van der Waals surface area contributed by atoms with E-state index in [-0.39, 0.29) is 10.5 Å². The summed E-state index contributed by atoms with van der Waals surface area (Å²) in [6, 6.07) is 13.6. The van der Waals surface area contributed by atoms with Gasteiger partial charge in [-0.2, -0.15) is 0 Å². The van der Waals surface area contributed by atoms with Crippen LogP contribution in [0.25, 0.3) is 0 Å². The maximum Gasteiger partial charge on any atom is 0.264 e. The number of ketones is 2. The number of hydrogen-bond donors (Lipinski definition) is 1. The first-order chi connectivity index (χ1) is 11.7. The smallest absolute Gasteiger partial charge is 0.264 e. The monoisotopic (exact) mass is 359 g/mol. The van der Waals surface area contributed by atoms with E-state index in [0.29, 0.717) is 0 Å². The predicted octanol–water partition coefficient (Wildman–Crippen LogP) is 1.89. The maximum atomic E-state index is 12.4. The van der Waals surface area contributed by atoms with Gasteiger partial charge >= 0.3 is 0 Å². The molecule has 0 bridgehead atoms. The zero-order chi connectivity index (χ0) is 18.6. The number of aryl methyl sites for hydroxylation is 1. The number of rotatable bonds is 6. The molecule has 7 heteroatoms. The van der Waals surface area contributed by atoms with Crippen LogP contribution in [0.5, 0.6) is 0 Å². The third kappa shape index (κ3) is 4.39. The Morgan fingerprint density at radius 1 is 0.920 bits per heavy atom. The van der Waals surface area contributed by atoms with Gasteiger partial charge in [0.25, 0.3) is 15.9 Å². The number of amides is 1. The molecular formula is C18H17NO5S. The summed E-state index contributed by atoms with van der Waals surface area (Å²) < 4.78 is 26.4. The van der Waals surface area contributed by atoms with Crippen molar-refractivity contribution in [1.29, 1.82) is 0 Å². The first-order valence-electron chi connectivity index (χ1n) is 7.45. The third-order valence-corrected chi connectivity index (χ3v) is 4.92. The number of sulfonamides is 1. The molecule has 25 heavy (non-hydrogen) atoms. The topological polar surface area (TPSA) is 97.4 Å². The molecule has 1 atom stereocenters. The molecule has 0 saturated heterocycles. The van der Waals surface area contributed by atoms with Gasteiger partial charge in [0.05, 0.1) is 4.90 Å². The minimum absolute atomic E-state index is 0.124. The first-order valence-corrected chi connectivity index (χ1v) is 8.94. The molecule has 2 aromatic carbocycles. The van der Waals surface area contributed by atoms with Gasteiger partial charge in [-0.1, -0.05) is 48.0 Å². The summed E-state index contributed by atoms with van der Waals surface area (Å²) in [5, 5.41) is 0. The van der Waals surface area contributed by atoms with Crippen LogP contribution in [0.15, 0.2) is 59.5 Å². The highest BCUT2D eigenvalue weighted by molar-refractivity contribution is 7.90. The van der Waals surface area contributed by atoms with Crippen molar-refractivity contribution in [2.45, 2.75) is 18.7 Å². The van der Waals surface area contributed by atoms with Crippen LogP contribution in [0.3, 0.4) is 0 Å². The van der Waals surface area contributed by atoms with E-state index in [2.05, 4.69) is 0 Å². The zero-order valence-electron chi connectivity index (χ0n) is 13.7. The van der Waals surface area contributed by atoms with Crippen LogP contribution < -0.4 is 4.72 Å². The highest BCUT2D eigenvalue weighted by atomic mass is 32.2. The molecule has 1 amide bonds. The number of carbonyl (C=O) groups is 3. The Labute approximate surface area is 145 Å². The Morgan fingerprint density at radius 3 is 2.00 bits per heavy atom. The van der Waals surface area contributed by atoms with Crippen molar-refractivity contribution in [1.82, 2.24) is 4.72 Å². The molecule has 6 nitrogen and oxygen atoms in total. The van der Waals surface area contributed by atoms with Crippen molar-refractivity contribution in [3.8, 4) is 0 Å². The summed E-state index contributed by atoms with van der Waals surface area (Å²) in [6.45, 7) is 2.86. The van der Waals surface area contributed by atoms with Crippen LogP contribution in [-0.4, -0.2) is 25.9 Å². The Balaban J connectivity index is 2.28. The third-order valence-electron chi connectivity index (χ3n) is 3.56. The zero-order valence-corrected chi connectivity index (χ0v) is 14.5. The van der Waals surface area contributed by atoms with E-state index in [1.54, 1.807) is 37.3 Å². The summed E-state index contributed by atoms with van der Waals surface area (Å²) in [6.07, 6.45) is 0. The lowest BCUT2D eigenvalue weighted by Gasteiger charge is -2.13. The van der Waals surface area contributed by atoms with Gasteiger partial charge in [0.15, 0.2) is 11.7 Å². The Morgan fingerprint density at radius 2 is 1.48 bits per heavy atom. The molecular weight excluding hydrogens is 342 g/mol. The second-order valence-corrected chi connectivity index (χ2v) is 7.24. The molecule has 0 heterocycles. The maximum absolute atomic E-state index is 12.4. The van der Waals surface area contributed by atoms with Crippen LogP contribution in [0.1, 0.15) is 22.8 Å². The summed E-state index contributed by atoms with van der Waals surface area (Å²) in [5.74, 6) is -4.36. The first kappa shape index (κ1) is 18.5. The molecule has 2 aromatic rings.